The molecule has 0 fully saturated rings. The van der Waals surface area contributed by atoms with E-state index in [1.165, 1.54) is 33.5 Å². The molecule has 7 heteroatoms. The highest BCUT2D eigenvalue weighted by Crippen LogP contribution is 2.39. The SMILES string of the molecule is CCOc1cc(/C=C/c2ccncc2)ccc1OC(=O)c1cc(OC)c(OC)c(OC)c1. The van der Waals surface area contributed by atoms with E-state index in [-0.39, 0.29) is 5.56 Å². The van der Waals surface area contributed by atoms with Crippen molar-refractivity contribution in [2.24, 2.45) is 0 Å². The van der Waals surface area contributed by atoms with Crippen LogP contribution in [-0.2, 0) is 0 Å². The number of aromatic nitrogens is 1. The lowest BCUT2D eigenvalue weighted by atomic mass is 10.1. The minimum atomic E-state index is -0.578. The van der Waals surface area contributed by atoms with Crippen LogP contribution < -0.4 is 23.7 Å². The van der Waals surface area contributed by atoms with Gasteiger partial charge in [-0.05, 0) is 54.4 Å². The molecule has 0 aliphatic carbocycles. The van der Waals surface area contributed by atoms with Crippen LogP contribution in [0.2, 0.25) is 0 Å². The molecular weight excluding hydrogens is 410 g/mol. The molecule has 3 rings (SSSR count). The maximum Gasteiger partial charge on any atom is 0.343 e. The molecular formula is C25H25NO6. The molecule has 0 unspecified atom stereocenters. The van der Waals surface area contributed by atoms with Gasteiger partial charge in [0.05, 0.1) is 33.5 Å². The van der Waals surface area contributed by atoms with E-state index < -0.39 is 5.97 Å². The third-order valence-corrected chi connectivity index (χ3v) is 4.55. The first-order valence-corrected chi connectivity index (χ1v) is 9.96. The summed E-state index contributed by atoms with van der Waals surface area (Å²) < 4.78 is 27.3. The third kappa shape index (κ3) is 5.37. The first-order valence-electron chi connectivity index (χ1n) is 9.96. The smallest absolute Gasteiger partial charge is 0.343 e. The molecule has 1 heterocycles. The maximum absolute atomic E-state index is 12.9. The molecule has 0 saturated carbocycles. The number of ether oxygens (including phenoxy) is 5. The van der Waals surface area contributed by atoms with Crippen LogP contribution in [0.4, 0.5) is 0 Å². The first kappa shape index (κ1) is 22.7. The Morgan fingerprint density at radius 2 is 1.47 bits per heavy atom. The quantitative estimate of drug-likeness (QED) is 0.350. The largest absolute Gasteiger partial charge is 0.493 e. The average molecular weight is 435 g/mol. The predicted molar refractivity (Wildman–Crippen MR) is 122 cm³/mol. The third-order valence-electron chi connectivity index (χ3n) is 4.55. The van der Waals surface area contributed by atoms with Crippen molar-refractivity contribution in [1.29, 1.82) is 0 Å². The van der Waals surface area contributed by atoms with Crippen molar-refractivity contribution in [2.75, 3.05) is 27.9 Å². The normalized spacial score (nSPS) is 10.6. The number of nitrogens with zero attached hydrogens (tertiary/aromatic N) is 1. The standard InChI is InChI=1S/C25H25NO6/c1-5-31-21-14-18(7-6-17-10-12-26-13-11-17)8-9-20(21)32-25(27)19-15-22(28-2)24(30-4)23(16-19)29-3/h6-16H,5H2,1-4H3/b7-6+. The molecule has 0 radical (unpaired) electrons. The fourth-order valence-electron chi connectivity index (χ4n) is 3.01. The highest BCUT2D eigenvalue weighted by atomic mass is 16.6. The highest BCUT2D eigenvalue weighted by molar-refractivity contribution is 5.93. The summed E-state index contributed by atoms with van der Waals surface area (Å²) in [5.74, 6) is 1.31. The second-order valence-electron chi connectivity index (χ2n) is 6.56. The molecule has 1 aromatic heterocycles. The second kappa shape index (κ2) is 10.9. The van der Waals surface area contributed by atoms with Crippen molar-refractivity contribution in [2.45, 2.75) is 6.92 Å². The number of hydrogen-bond acceptors (Lipinski definition) is 7. The summed E-state index contributed by atoms with van der Waals surface area (Å²) in [5, 5.41) is 0. The van der Waals surface area contributed by atoms with Crippen LogP contribution in [0.3, 0.4) is 0 Å². The van der Waals surface area contributed by atoms with Crippen molar-refractivity contribution < 1.29 is 28.5 Å². The number of methoxy groups -OCH3 is 3. The summed E-state index contributed by atoms with van der Waals surface area (Å²) in [5.41, 5.74) is 2.18. The Balaban J connectivity index is 1.86. The van der Waals surface area contributed by atoms with E-state index in [0.29, 0.717) is 35.4 Å². The van der Waals surface area contributed by atoms with Crippen LogP contribution in [-0.4, -0.2) is 38.9 Å². The summed E-state index contributed by atoms with van der Waals surface area (Å²) in [6.07, 6.45) is 7.38. The van der Waals surface area contributed by atoms with Crippen molar-refractivity contribution in [3.05, 3.63) is 71.5 Å². The monoisotopic (exact) mass is 435 g/mol. The lowest BCUT2D eigenvalue weighted by Crippen LogP contribution is -2.11. The van der Waals surface area contributed by atoms with Gasteiger partial charge in [-0.25, -0.2) is 4.79 Å². The minimum Gasteiger partial charge on any atom is -0.493 e. The Hall–Kier alpha value is -4.00. The average Bonchev–Trinajstić information content (AvgIpc) is 2.83. The van der Waals surface area contributed by atoms with Gasteiger partial charge in [-0.2, -0.15) is 0 Å². The summed E-state index contributed by atoms with van der Waals surface area (Å²) in [6.45, 7) is 2.29. The summed E-state index contributed by atoms with van der Waals surface area (Å²) in [6, 6.07) is 12.3. The molecule has 0 amide bonds. The van der Waals surface area contributed by atoms with Gasteiger partial charge in [0.15, 0.2) is 23.0 Å². The second-order valence-corrected chi connectivity index (χ2v) is 6.56. The van der Waals surface area contributed by atoms with Crippen LogP contribution in [0.15, 0.2) is 54.9 Å². The van der Waals surface area contributed by atoms with Gasteiger partial charge in [0.1, 0.15) is 0 Å². The van der Waals surface area contributed by atoms with E-state index in [1.54, 1.807) is 18.5 Å². The minimum absolute atomic E-state index is 0.253. The Morgan fingerprint density at radius 1 is 0.812 bits per heavy atom. The molecule has 3 aromatic rings. The first-order chi connectivity index (χ1) is 15.6. The fraction of sp³-hybridized carbons (Fsp3) is 0.200. The maximum atomic E-state index is 12.9. The zero-order chi connectivity index (χ0) is 22.9. The van der Waals surface area contributed by atoms with E-state index in [2.05, 4.69) is 4.98 Å². The molecule has 0 N–H and O–H groups in total. The summed E-state index contributed by atoms with van der Waals surface area (Å²) >= 11 is 0. The number of rotatable bonds is 9. The molecule has 2 aromatic carbocycles. The van der Waals surface area contributed by atoms with Gasteiger partial charge < -0.3 is 23.7 Å². The van der Waals surface area contributed by atoms with E-state index in [1.807, 2.05) is 43.3 Å². The van der Waals surface area contributed by atoms with Crippen molar-refractivity contribution in [3.8, 4) is 28.7 Å². The molecule has 166 valence electrons. The van der Waals surface area contributed by atoms with Crippen LogP contribution in [0.25, 0.3) is 12.2 Å². The van der Waals surface area contributed by atoms with Gasteiger partial charge in [0.25, 0.3) is 0 Å². The van der Waals surface area contributed by atoms with E-state index in [9.17, 15) is 4.79 Å². The van der Waals surface area contributed by atoms with Crippen molar-refractivity contribution in [1.82, 2.24) is 4.98 Å². The molecule has 0 aliphatic heterocycles. The van der Waals surface area contributed by atoms with Gasteiger partial charge in [-0.3, -0.25) is 4.98 Å². The van der Waals surface area contributed by atoms with Gasteiger partial charge in [-0.15, -0.1) is 0 Å². The lowest BCUT2D eigenvalue weighted by molar-refractivity contribution is 0.0727. The van der Waals surface area contributed by atoms with E-state index >= 15 is 0 Å². The summed E-state index contributed by atoms with van der Waals surface area (Å²) in [4.78, 5) is 16.9. The summed E-state index contributed by atoms with van der Waals surface area (Å²) in [7, 11) is 4.47. The number of carbonyl (C=O) groups is 1. The molecule has 0 saturated heterocycles. The topological polar surface area (TPSA) is 76.1 Å². The van der Waals surface area contributed by atoms with E-state index in [4.69, 9.17) is 23.7 Å². The van der Waals surface area contributed by atoms with E-state index in [0.717, 1.165) is 11.1 Å². The van der Waals surface area contributed by atoms with Gasteiger partial charge in [0, 0.05) is 12.4 Å². The molecule has 0 aliphatic rings. The molecule has 0 bridgehead atoms. The number of esters is 1. The Morgan fingerprint density at radius 3 is 2.06 bits per heavy atom. The zero-order valence-electron chi connectivity index (χ0n) is 18.5. The molecule has 32 heavy (non-hydrogen) atoms. The molecule has 7 nitrogen and oxygen atoms in total. The van der Waals surface area contributed by atoms with Crippen molar-refractivity contribution >= 4 is 18.1 Å². The number of pyridine rings is 1. The Bertz CT molecular complexity index is 1070. The number of benzene rings is 2. The predicted octanol–water partition coefficient (Wildman–Crippen LogP) is 4.90. The number of hydrogen-bond donors (Lipinski definition) is 0. The van der Waals surface area contributed by atoms with Gasteiger partial charge >= 0.3 is 5.97 Å². The lowest BCUT2D eigenvalue weighted by Gasteiger charge is -2.15. The van der Waals surface area contributed by atoms with Gasteiger partial charge in [0.2, 0.25) is 5.75 Å². The van der Waals surface area contributed by atoms with Gasteiger partial charge in [-0.1, -0.05) is 18.2 Å². The molecule has 0 spiro atoms. The van der Waals surface area contributed by atoms with Crippen LogP contribution in [0.1, 0.15) is 28.4 Å². The Labute approximate surface area is 187 Å². The van der Waals surface area contributed by atoms with Crippen LogP contribution >= 0.6 is 0 Å². The highest BCUT2D eigenvalue weighted by Gasteiger charge is 2.19. The van der Waals surface area contributed by atoms with Crippen molar-refractivity contribution in [3.63, 3.8) is 0 Å². The Kier molecular flexibility index (Phi) is 7.70. The number of carbonyl (C=O) groups excluding carboxylic acids is 1. The molecule has 0 atom stereocenters. The van der Waals surface area contributed by atoms with Crippen LogP contribution in [0.5, 0.6) is 28.7 Å². The van der Waals surface area contributed by atoms with Crippen LogP contribution in [0, 0.1) is 0 Å². The zero-order valence-corrected chi connectivity index (χ0v) is 18.5. The fourth-order valence-corrected chi connectivity index (χ4v) is 3.01.